The van der Waals surface area contributed by atoms with E-state index in [4.69, 9.17) is 4.74 Å². The van der Waals surface area contributed by atoms with E-state index in [1.165, 1.54) is 263 Å². The van der Waals surface area contributed by atoms with Crippen LogP contribution in [0.3, 0.4) is 0 Å². The number of esters is 1. The fourth-order valence-corrected chi connectivity index (χ4v) is 9.94. The number of rotatable bonds is 58. The van der Waals surface area contributed by atoms with Crippen molar-refractivity contribution in [2.45, 2.75) is 366 Å². The number of ether oxygens (including phenoxy) is 1. The molecule has 0 saturated heterocycles. The molecule has 0 saturated carbocycles. The lowest BCUT2D eigenvalue weighted by molar-refractivity contribution is -0.143. The molecule has 0 rings (SSSR count). The van der Waals surface area contributed by atoms with Gasteiger partial charge in [-0.3, -0.25) is 9.59 Å². The molecule has 6 heteroatoms. The van der Waals surface area contributed by atoms with E-state index < -0.39 is 12.1 Å². The second kappa shape index (κ2) is 57.4. The van der Waals surface area contributed by atoms with Gasteiger partial charge in [0.05, 0.1) is 25.4 Å². The average Bonchev–Trinajstić information content (AvgIpc) is 3.33. The molecule has 0 aromatic carbocycles. The first-order valence-electron chi connectivity index (χ1n) is 30.8. The van der Waals surface area contributed by atoms with Crippen LogP contribution >= 0.6 is 0 Å². The fraction of sp³-hybridized carbons (Fsp3) is 0.967. The number of aliphatic hydroxyl groups excluding tert-OH is 2. The van der Waals surface area contributed by atoms with Crippen molar-refractivity contribution in [1.82, 2.24) is 5.32 Å². The van der Waals surface area contributed by atoms with E-state index in [9.17, 15) is 19.8 Å². The van der Waals surface area contributed by atoms with Gasteiger partial charge in [0, 0.05) is 12.8 Å². The number of hydrogen-bond acceptors (Lipinski definition) is 5. The highest BCUT2D eigenvalue weighted by molar-refractivity contribution is 5.76. The summed E-state index contributed by atoms with van der Waals surface area (Å²) < 4.78 is 5.48. The Labute approximate surface area is 419 Å². The van der Waals surface area contributed by atoms with Crippen LogP contribution < -0.4 is 5.32 Å². The Morgan fingerprint density at radius 1 is 0.358 bits per heavy atom. The van der Waals surface area contributed by atoms with Gasteiger partial charge in [-0.25, -0.2) is 0 Å². The molecule has 0 aromatic heterocycles. The molecule has 0 aliphatic heterocycles. The molecule has 0 spiro atoms. The molecule has 0 heterocycles. The first kappa shape index (κ1) is 65.9. The lowest BCUT2D eigenvalue weighted by Crippen LogP contribution is -2.45. The first-order valence-corrected chi connectivity index (χ1v) is 30.8. The van der Waals surface area contributed by atoms with Crippen molar-refractivity contribution in [2.24, 2.45) is 0 Å². The van der Waals surface area contributed by atoms with Gasteiger partial charge >= 0.3 is 5.97 Å². The van der Waals surface area contributed by atoms with Crippen LogP contribution in [-0.2, 0) is 14.3 Å². The fourth-order valence-electron chi connectivity index (χ4n) is 9.94. The standard InChI is InChI=1S/C61H121NO5/c1-3-5-7-9-11-13-15-17-19-20-21-22-23-24-25-26-27-29-30-33-37-41-45-49-53-59(64)58(57-63)62-60(65)54-50-46-42-38-34-32-36-40-44-48-52-56-67-61(66)55-51-47-43-39-35-31-28-18-16-14-12-10-8-6-4-2/h58-59,63-64H,3-57H2,1-2H3,(H,62,65). The molecule has 2 unspecified atom stereocenters. The van der Waals surface area contributed by atoms with Gasteiger partial charge in [-0.2, -0.15) is 0 Å². The zero-order valence-corrected chi connectivity index (χ0v) is 45.7. The summed E-state index contributed by atoms with van der Waals surface area (Å²) >= 11 is 0. The van der Waals surface area contributed by atoms with Crippen LogP contribution in [0.25, 0.3) is 0 Å². The number of amides is 1. The molecule has 2 atom stereocenters. The van der Waals surface area contributed by atoms with Crippen LogP contribution in [0.2, 0.25) is 0 Å². The van der Waals surface area contributed by atoms with Gasteiger partial charge in [-0.1, -0.05) is 316 Å². The molecule has 0 aromatic rings. The monoisotopic (exact) mass is 948 g/mol. The molecule has 6 nitrogen and oxygen atoms in total. The molecular formula is C61H121NO5. The number of carbonyl (C=O) groups excluding carboxylic acids is 2. The third-order valence-electron chi connectivity index (χ3n) is 14.7. The molecule has 0 aliphatic carbocycles. The van der Waals surface area contributed by atoms with E-state index in [-0.39, 0.29) is 18.5 Å². The smallest absolute Gasteiger partial charge is 0.305 e. The molecule has 3 N–H and O–H groups in total. The Hall–Kier alpha value is -1.14. The maximum atomic E-state index is 12.5. The summed E-state index contributed by atoms with van der Waals surface area (Å²) in [5, 5.41) is 23.4. The molecule has 0 fully saturated rings. The zero-order valence-electron chi connectivity index (χ0n) is 45.7. The molecule has 67 heavy (non-hydrogen) atoms. The largest absolute Gasteiger partial charge is 0.466 e. The third-order valence-corrected chi connectivity index (χ3v) is 14.7. The summed E-state index contributed by atoms with van der Waals surface area (Å²) in [4.78, 5) is 24.6. The Bertz CT molecular complexity index is 959. The number of unbranched alkanes of at least 4 members (excludes halogenated alkanes) is 47. The van der Waals surface area contributed by atoms with Crippen molar-refractivity contribution in [3.05, 3.63) is 0 Å². The number of hydrogen-bond donors (Lipinski definition) is 3. The van der Waals surface area contributed by atoms with Gasteiger partial charge in [0.25, 0.3) is 0 Å². The molecule has 0 aliphatic rings. The van der Waals surface area contributed by atoms with Crippen LogP contribution in [0.15, 0.2) is 0 Å². The quantitative estimate of drug-likeness (QED) is 0.0417. The van der Waals surface area contributed by atoms with Crippen LogP contribution in [0.4, 0.5) is 0 Å². The maximum Gasteiger partial charge on any atom is 0.305 e. The predicted molar refractivity (Wildman–Crippen MR) is 292 cm³/mol. The molecular weight excluding hydrogens is 827 g/mol. The second-order valence-electron chi connectivity index (χ2n) is 21.4. The van der Waals surface area contributed by atoms with Gasteiger partial charge in [0.2, 0.25) is 5.91 Å². The summed E-state index contributed by atoms with van der Waals surface area (Å²) in [5.74, 6) is -0.0574. The predicted octanol–water partition coefficient (Wildman–Crippen LogP) is 19.1. The van der Waals surface area contributed by atoms with E-state index in [0.717, 1.165) is 57.8 Å². The van der Waals surface area contributed by atoms with Crippen LogP contribution in [0.1, 0.15) is 354 Å². The van der Waals surface area contributed by atoms with E-state index in [0.29, 0.717) is 25.9 Å². The van der Waals surface area contributed by atoms with Gasteiger partial charge in [-0.05, 0) is 25.7 Å². The Morgan fingerprint density at radius 2 is 0.612 bits per heavy atom. The van der Waals surface area contributed by atoms with Crippen molar-refractivity contribution in [2.75, 3.05) is 13.2 Å². The number of nitrogens with one attached hydrogen (secondary N) is 1. The van der Waals surface area contributed by atoms with Crippen LogP contribution in [-0.4, -0.2) is 47.4 Å². The highest BCUT2D eigenvalue weighted by Crippen LogP contribution is 2.18. The average molecular weight is 949 g/mol. The molecule has 0 bridgehead atoms. The minimum Gasteiger partial charge on any atom is -0.466 e. The van der Waals surface area contributed by atoms with Crippen molar-refractivity contribution in [3.8, 4) is 0 Å². The highest BCUT2D eigenvalue weighted by atomic mass is 16.5. The summed E-state index contributed by atoms with van der Waals surface area (Å²) in [6.45, 7) is 4.95. The zero-order chi connectivity index (χ0) is 48.6. The maximum absolute atomic E-state index is 12.5. The molecule has 1 amide bonds. The lowest BCUT2D eigenvalue weighted by Gasteiger charge is -2.22. The van der Waals surface area contributed by atoms with Crippen molar-refractivity contribution in [1.29, 1.82) is 0 Å². The van der Waals surface area contributed by atoms with E-state index in [1.54, 1.807) is 0 Å². The van der Waals surface area contributed by atoms with Crippen molar-refractivity contribution in [3.63, 3.8) is 0 Å². The lowest BCUT2D eigenvalue weighted by atomic mass is 10.0. The summed E-state index contributed by atoms with van der Waals surface area (Å²) in [7, 11) is 0. The molecule has 400 valence electrons. The van der Waals surface area contributed by atoms with E-state index >= 15 is 0 Å². The minimum atomic E-state index is -0.676. The summed E-state index contributed by atoms with van der Waals surface area (Å²) in [6.07, 6.45) is 66.7. The van der Waals surface area contributed by atoms with Crippen molar-refractivity contribution < 1.29 is 24.5 Å². The van der Waals surface area contributed by atoms with Gasteiger partial charge in [0.1, 0.15) is 0 Å². The molecule has 0 radical (unpaired) electrons. The van der Waals surface area contributed by atoms with E-state index in [2.05, 4.69) is 19.2 Å². The van der Waals surface area contributed by atoms with Crippen LogP contribution in [0, 0.1) is 0 Å². The normalized spacial score (nSPS) is 12.5. The summed E-state index contributed by atoms with van der Waals surface area (Å²) in [5.41, 5.74) is 0. The van der Waals surface area contributed by atoms with Gasteiger partial charge in [-0.15, -0.1) is 0 Å². The SMILES string of the molecule is CCCCCCCCCCCCCCCCCCCCCCCCCCC(O)C(CO)NC(=O)CCCCCCCCCCCCCOC(=O)CCCCCCCCCCCCCCCCC. The Balaban J connectivity index is 3.43. The van der Waals surface area contributed by atoms with Crippen molar-refractivity contribution >= 4 is 11.9 Å². The first-order chi connectivity index (χ1) is 33.0. The highest BCUT2D eigenvalue weighted by Gasteiger charge is 2.20. The third kappa shape index (κ3) is 54.0. The van der Waals surface area contributed by atoms with Crippen LogP contribution in [0.5, 0.6) is 0 Å². The minimum absolute atomic E-state index is 0.00894. The van der Waals surface area contributed by atoms with Gasteiger partial charge in [0.15, 0.2) is 0 Å². The topological polar surface area (TPSA) is 95.9 Å². The number of aliphatic hydroxyl groups is 2. The second-order valence-corrected chi connectivity index (χ2v) is 21.4. The Morgan fingerprint density at radius 3 is 0.910 bits per heavy atom. The number of carbonyl (C=O) groups is 2. The Kier molecular flexibility index (Phi) is 56.5. The van der Waals surface area contributed by atoms with Gasteiger partial charge < -0.3 is 20.3 Å². The van der Waals surface area contributed by atoms with E-state index in [1.807, 2.05) is 0 Å². The summed E-state index contributed by atoms with van der Waals surface area (Å²) in [6, 6.07) is -0.555.